The summed E-state index contributed by atoms with van der Waals surface area (Å²) in [5.41, 5.74) is 8.47. The molecular weight excluding hydrogens is 418 g/mol. The van der Waals surface area contributed by atoms with Crippen LogP contribution in [0.3, 0.4) is 0 Å². The van der Waals surface area contributed by atoms with Crippen molar-refractivity contribution in [2.24, 2.45) is 5.73 Å². The molecule has 0 aliphatic rings. The van der Waals surface area contributed by atoms with E-state index in [9.17, 15) is 4.79 Å². The molecule has 3 nitrogen and oxygen atoms in total. The first-order valence-electron chi connectivity index (χ1n) is 12.3. The van der Waals surface area contributed by atoms with E-state index in [0.29, 0.717) is 0 Å². The van der Waals surface area contributed by atoms with Gasteiger partial charge in [-0.3, -0.25) is 4.79 Å². The summed E-state index contributed by atoms with van der Waals surface area (Å²) in [7, 11) is 0. The number of benzene rings is 2. The minimum absolute atomic E-state index is 0. The van der Waals surface area contributed by atoms with E-state index in [0.717, 1.165) is 35.5 Å². The minimum atomic E-state index is -0.317. The second-order valence-corrected chi connectivity index (χ2v) is 8.57. The van der Waals surface area contributed by atoms with Crippen molar-refractivity contribution in [1.82, 2.24) is 0 Å². The van der Waals surface area contributed by atoms with Gasteiger partial charge in [0.05, 0.1) is 13.0 Å². The van der Waals surface area contributed by atoms with Crippen molar-refractivity contribution in [2.45, 2.75) is 90.4 Å². The van der Waals surface area contributed by atoms with Gasteiger partial charge in [0.1, 0.15) is 5.75 Å². The number of nitrogens with two attached hydrogens (primary N) is 1. The number of amides is 1. The van der Waals surface area contributed by atoms with Crippen LogP contribution in [0.1, 0.15) is 89.5 Å². The SMILES string of the molecule is CCCCCCCCCCCCCCOc1ccc(CC(N)=O)c(-c2ccccc2)c1.Cl. The zero-order chi connectivity index (χ0) is 22.2. The number of hydrogen-bond donors (Lipinski definition) is 1. The molecule has 0 spiro atoms. The number of hydrogen-bond acceptors (Lipinski definition) is 2. The molecule has 1 amide bonds. The largest absolute Gasteiger partial charge is 0.494 e. The fourth-order valence-corrected chi connectivity index (χ4v) is 4.01. The van der Waals surface area contributed by atoms with Crippen molar-refractivity contribution in [1.29, 1.82) is 0 Å². The summed E-state index contributed by atoms with van der Waals surface area (Å²) in [5.74, 6) is 0.539. The molecule has 0 aliphatic carbocycles. The lowest BCUT2D eigenvalue weighted by molar-refractivity contribution is -0.117. The average Bonchev–Trinajstić information content (AvgIpc) is 2.78. The Morgan fingerprint density at radius 1 is 0.781 bits per heavy atom. The minimum Gasteiger partial charge on any atom is -0.494 e. The summed E-state index contributed by atoms with van der Waals surface area (Å²) in [4.78, 5) is 11.4. The molecular formula is C28H42ClNO2. The maximum atomic E-state index is 11.4. The summed E-state index contributed by atoms with van der Waals surface area (Å²) in [5, 5.41) is 0. The fraction of sp³-hybridized carbons (Fsp3) is 0.536. The van der Waals surface area contributed by atoms with E-state index >= 15 is 0 Å². The second kappa shape index (κ2) is 17.5. The van der Waals surface area contributed by atoms with Crippen LogP contribution < -0.4 is 10.5 Å². The highest BCUT2D eigenvalue weighted by Crippen LogP contribution is 2.28. The smallest absolute Gasteiger partial charge is 0.221 e. The lowest BCUT2D eigenvalue weighted by atomic mass is 9.97. The molecule has 178 valence electrons. The van der Waals surface area contributed by atoms with Gasteiger partial charge in [-0.05, 0) is 35.2 Å². The van der Waals surface area contributed by atoms with Gasteiger partial charge in [-0.25, -0.2) is 0 Å². The van der Waals surface area contributed by atoms with E-state index in [-0.39, 0.29) is 24.7 Å². The quantitative estimate of drug-likeness (QED) is 0.244. The molecule has 4 heteroatoms. The van der Waals surface area contributed by atoms with E-state index in [4.69, 9.17) is 10.5 Å². The van der Waals surface area contributed by atoms with Gasteiger partial charge in [0.2, 0.25) is 5.91 Å². The van der Waals surface area contributed by atoms with Gasteiger partial charge in [0.15, 0.2) is 0 Å². The number of rotatable bonds is 17. The van der Waals surface area contributed by atoms with Crippen molar-refractivity contribution in [3.05, 3.63) is 54.1 Å². The van der Waals surface area contributed by atoms with Gasteiger partial charge in [-0.15, -0.1) is 12.4 Å². The van der Waals surface area contributed by atoms with Crippen molar-refractivity contribution in [3.63, 3.8) is 0 Å². The Morgan fingerprint density at radius 2 is 1.34 bits per heavy atom. The van der Waals surface area contributed by atoms with Gasteiger partial charge in [-0.1, -0.05) is 114 Å². The Balaban J connectivity index is 0.00000512. The Bertz CT molecular complexity index is 748. The van der Waals surface area contributed by atoms with Crippen molar-refractivity contribution in [3.8, 4) is 16.9 Å². The van der Waals surface area contributed by atoms with Crippen molar-refractivity contribution < 1.29 is 9.53 Å². The van der Waals surface area contributed by atoms with Crippen LogP contribution in [0.4, 0.5) is 0 Å². The third kappa shape index (κ3) is 11.6. The molecule has 0 aromatic heterocycles. The van der Waals surface area contributed by atoms with E-state index in [2.05, 4.69) is 19.1 Å². The van der Waals surface area contributed by atoms with Crippen LogP contribution in [-0.2, 0) is 11.2 Å². The summed E-state index contributed by atoms with van der Waals surface area (Å²) in [6.07, 6.45) is 16.3. The topological polar surface area (TPSA) is 52.3 Å². The normalized spacial score (nSPS) is 10.5. The molecule has 0 aliphatic heterocycles. The molecule has 0 heterocycles. The fourth-order valence-electron chi connectivity index (χ4n) is 4.01. The first-order valence-corrected chi connectivity index (χ1v) is 12.3. The lowest BCUT2D eigenvalue weighted by Gasteiger charge is -2.12. The molecule has 0 bridgehead atoms. The van der Waals surface area contributed by atoms with Crippen LogP contribution in [0.15, 0.2) is 48.5 Å². The summed E-state index contributed by atoms with van der Waals surface area (Å²) >= 11 is 0. The number of ether oxygens (including phenoxy) is 1. The molecule has 2 aromatic carbocycles. The summed E-state index contributed by atoms with van der Waals surface area (Å²) in [6.45, 7) is 3.01. The van der Waals surface area contributed by atoms with E-state index in [1.807, 2.05) is 36.4 Å². The van der Waals surface area contributed by atoms with Gasteiger partial charge in [0.25, 0.3) is 0 Å². The van der Waals surface area contributed by atoms with Crippen molar-refractivity contribution in [2.75, 3.05) is 6.61 Å². The highest BCUT2D eigenvalue weighted by molar-refractivity contribution is 5.85. The Hall–Kier alpha value is -2.00. The summed E-state index contributed by atoms with van der Waals surface area (Å²) < 4.78 is 6.00. The molecule has 0 saturated carbocycles. The number of carbonyl (C=O) groups excluding carboxylic acids is 1. The first kappa shape index (κ1) is 28.0. The molecule has 2 aromatic rings. The zero-order valence-corrected chi connectivity index (χ0v) is 20.6. The second-order valence-electron chi connectivity index (χ2n) is 8.57. The van der Waals surface area contributed by atoms with Gasteiger partial charge in [-0.2, -0.15) is 0 Å². The van der Waals surface area contributed by atoms with E-state index < -0.39 is 0 Å². The summed E-state index contributed by atoms with van der Waals surface area (Å²) in [6, 6.07) is 16.0. The standard InChI is InChI=1S/C28H41NO2.ClH/c1-2-3-4-5-6-7-8-9-10-11-12-16-21-31-26-20-19-25(22-28(29)30)27(23-26)24-17-14-13-15-18-24;/h13-15,17-20,23H,2-12,16,21-22H2,1H3,(H2,29,30);1H. The molecule has 0 atom stereocenters. The molecule has 0 saturated heterocycles. The molecule has 0 unspecified atom stereocenters. The molecule has 2 rings (SSSR count). The average molecular weight is 460 g/mol. The highest BCUT2D eigenvalue weighted by atomic mass is 35.5. The van der Waals surface area contributed by atoms with Crippen LogP contribution in [-0.4, -0.2) is 12.5 Å². The zero-order valence-electron chi connectivity index (χ0n) is 19.8. The maximum absolute atomic E-state index is 11.4. The number of halogens is 1. The van der Waals surface area contributed by atoms with Gasteiger partial charge >= 0.3 is 0 Å². The molecule has 0 radical (unpaired) electrons. The van der Waals surface area contributed by atoms with Gasteiger partial charge < -0.3 is 10.5 Å². The highest BCUT2D eigenvalue weighted by Gasteiger charge is 2.09. The Kier molecular flexibility index (Phi) is 15.4. The van der Waals surface area contributed by atoms with Crippen LogP contribution >= 0.6 is 12.4 Å². The third-order valence-electron chi connectivity index (χ3n) is 5.80. The first-order chi connectivity index (χ1) is 15.2. The van der Waals surface area contributed by atoms with Gasteiger partial charge in [0, 0.05) is 0 Å². The number of primary amides is 1. The van der Waals surface area contributed by atoms with Crippen LogP contribution in [0.2, 0.25) is 0 Å². The molecule has 32 heavy (non-hydrogen) atoms. The predicted molar refractivity (Wildman–Crippen MR) is 139 cm³/mol. The molecule has 0 fully saturated rings. The monoisotopic (exact) mass is 459 g/mol. The van der Waals surface area contributed by atoms with Crippen LogP contribution in [0, 0.1) is 0 Å². The Morgan fingerprint density at radius 3 is 1.91 bits per heavy atom. The van der Waals surface area contributed by atoms with Crippen LogP contribution in [0.5, 0.6) is 5.75 Å². The predicted octanol–water partition coefficient (Wildman–Crippen LogP) is 7.88. The molecule has 2 N–H and O–H groups in total. The number of unbranched alkanes of at least 4 members (excludes halogenated alkanes) is 11. The van der Waals surface area contributed by atoms with Crippen LogP contribution in [0.25, 0.3) is 11.1 Å². The third-order valence-corrected chi connectivity index (χ3v) is 5.80. The lowest BCUT2D eigenvalue weighted by Crippen LogP contribution is -2.14. The maximum Gasteiger partial charge on any atom is 0.221 e. The van der Waals surface area contributed by atoms with E-state index in [1.54, 1.807) is 0 Å². The van der Waals surface area contributed by atoms with E-state index in [1.165, 1.54) is 70.6 Å². The van der Waals surface area contributed by atoms with Crippen molar-refractivity contribution >= 4 is 18.3 Å². The Labute approximate surface area is 201 Å². The number of carbonyl (C=O) groups is 1.